The van der Waals surface area contributed by atoms with Crippen LogP contribution >= 0.6 is 15.9 Å². The van der Waals surface area contributed by atoms with Crippen molar-refractivity contribution in [2.24, 2.45) is 7.05 Å². The topological polar surface area (TPSA) is 71.2 Å². The fourth-order valence-corrected chi connectivity index (χ4v) is 3.06. The average Bonchev–Trinajstić information content (AvgIpc) is 2.93. The summed E-state index contributed by atoms with van der Waals surface area (Å²) in [6.45, 7) is 1.59. The Morgan fingerprint density at radius 3 is 2.50 bits per heavy atom. The number of aromatic nitrogens is 4. The molecule has 148 valence electrons. The molecule has 3 rings (SSSR count). The number of hydrogen-bond donors (Lipinski definition) is 0. The standard InChI is InChI=1S/C17H14BrF3N4O3/c1-10-6-7-15(12(18)8-10)27-9-11-13(25-16(26)24(2)22-23-25)4-3-5-14(11)28-17(19,20)21/h3-8H,9H2,1-2H3. The van der Waals surface area contributed by atoms with E-state index in [1.807, 2.05) is 13.0 Å². The number of nitrogens with zero attached hydrogens (tertiary/aromatic N) is 4. The maximum absolute atomic E-state index is 12.8. The summed E-state index contributed by atoms with van der Waals surface area (Å²) >= 11 is 3.35. The first kappa shape index (κ1) is 19.9. The second-order valence-corrected chi connectivity index (χ2v) is 6.68. The van der Waals surface area contributed by atoms with Gasteiger partial charge in [-0.15, -0.1) is 13.2 Å². The van der Waals surface area contributed by atoms with Crippen LogP contribution in [0.2, 0.25) is 0 Å². The van der Waals surface area contributed by atoms with Crippen LogP contribution in [0.3, 0.4) is 0 Å². The minimum Gasteiger partial charge on any atom is -0.487 e. The summed E-state index contributed by atoms with van der Waals surface area (Å²) in [6.07, 6.45) is -4.91. The van der Waals surface area contributed by atoms with Gasteiger partial charge in [-0.05, 0) is 63.1 Å². The quantitative estimate of drug-likeness (QED) is 0.584. The third kappa shape index (κ3) is 4.35. The first-order valence-corrected chi connectivity index (χ1v) is 8.71. The number of hydrogen-bond acceptors (Lipinski definition) is 5. The zero-order chi connectivity index (χ0) is 20.5. The first-order chi connectivity index (χ1) is 13.2. The lowest BCUT2D eigenvalue weighted by molar-refractivity contribution is -0.275. The van der Waals surface area contributed by atoms with Crippen molar-refractivity contribution >= 4 is 15.9 Å². The summed E-state index contributed by atoms with van der Waals surface area (Å²) in [6, 6.07) is 9.18. The Labute approximate surface area is 165 Å². The summed E-state index contributed by atoms with van der Waals surface area (Å²) in [5.41, 5.74) is 0.423. The predicted molar refractivity (Wildman–Crippen MR) is 96.5 cm³/mol. The lowest BCUT2D eigenvalue weighted by Gasteiger charge is -2.17. The molecule has 7 nitrogen and oxygen atoms in total. The van der Waals surface area contributed by atoms with Crippen LogP contribution in [-0.2, 0) is 13.7 Å². The Balaban J connectivity index is 2.04. The van der Waals surface area contributed by atoms with Crippen molar-refractivity contribution < 1.29 is 22.6 Å². The summed E-state index contributed by atoms with van der Waals surface area (Å²) in [4.78, 5) is 12.2. The van der Waals surface area contributed by atoms with E-state index in [0.29, 0.717) is 10.2 Å². The molecule has 0 bridgehead atoms. The zero-order valence-corrected chi connectivity index (χ0v) is 16.3. The lowest BCUT2D eigenvalue weighted by atomic mass is 10.1. The van der Waals surface area contributed by atoms with E-state index in [1.165, 1.54) is 19.2 Å². The van der Waals surface area contributed by atoms with Gasteiger partial charge in [0.15, 0.2) is 0 Å². The molecule has 28 heavy (non-hydrogen) atoms. The molecule has 0 fully saturated rings. The zero-order valence-electron chi connectivity index (χ0n) is 14.7. The third-order valence-corrected chi connectivity index (χ3v) is 4.36. The van der Waals surface area contributed by atoms with Crippen LogP contribution in [0.1, 0.15) is 11.1 Å². The van der Waals surface area contributed by atoms with Crippen molar-refractivity contribution in [3.05, 3.63) is 62.5 Å². The van der Waals surface area contributed by atoms with E-state index >= 15 is 0 Å². The highest BCUT2D eigenvalue weighted by Crippen LogP contribution is 2.32. The second-order valence-electron chi connectivity index (χ2n) is 5.82. The third-order valence-electron chi connectivity index (χ3n) is 3.74. The molecule has 0 aliphatic rings. The molecule has 0 aliphatic heterocycles. The van der Waals surface area contributed by atoms with Gasteiger partial charge in [0.1, 0.15) is 18.1 Å². The number of ether oxygens (including phenoxy) is 2. The minimum atomic E-state index is -4.91. The molecule has 0 unspecified atom stereocenters. The maximum Gasteiger partial charge on any atom is 0.573 e. The largest absolute Gasteiger partial charge is 0.573 e. The highest BCUT2D eigenvalue weighted by atomic mass is 79.9. The van der Waals surface area contributed by atoms with Gasteiger partial charge >= 0.3 is 12.1 Å². The molecular weight excluding hydrogens is 445 g/mol. The van der Waals surface area contributed by atoms with Gasteiger partial charge < -0.3 is 9.47 Å². The molecule has 3 aromatic rings. The number of alkyl halides is 3. The monoisotopic (exact) mass is 458 g/mol. The Morgan fingerprint density at radius 1 is 1.14 bits per heavy atom. The number of rotatable bonds is 5. The van der Waals surface area contributed by atoms with Crippen molar-refractivity contribution in [2.45, 2.75) is 19.9 Å². The first-order valence-electron chi connectivity index (χ1n) is 7.91. The van der Waals surface area contributed by atoms with E-state index in [0.717, 1.165) is 21.0 Å². The molecule has 1 aromatic heterocycles. The number of halogens is 4. The van der Waals surface area contributed by atoms with Gasteiger partial charge in [0, 0.05) is 7.05 Å². The van der Waals surface area contributed by atoms with E-state index in [-0.39, 0.29) is 17.9 Å². The van der Waals surface area contributed by atoms with E-state index in [4.69, 9.17) is 4.74 Å². The average molecular weight is 459 g/mol. The number of tetrazole rings is 1. The van der Waals surface area contributed by atoms with Crippen LogP contribution in [0.25, 0.3) is 5.69 Å². The molecule has 2 aromatic carbocycles. The highest BCUT2D eigenvalue weighted by molar-refractivity contribution is 9.10. The number of benzene rings is 2. The molecule has 11 heteroatoms. The van der Waals surface area contributed by atoms with Crippen molar-refractivity contribution in [1.82, 2.24) is 19.8 Å². The molecular formula is C17H14BrF3N4O3. The van der Waals surface area contributed by atoms with Gasteiger partial charge in [-0.25, -0.2) is 4.79 Å². The van der Waals surface area contributed by atoms with E-state index in [1.54, 1.807) is 12.1 Å². The fraction of sp³-hybridized carbons (Fsp3) is 0.235. The van der Waals surface area contributed by atoms with Gasteiger partial charge in [-0.1, -0.05) is 12.1 Å². The molecule has 0 aliphatic carbocycles. The maximum atomic E-state index is 12.8. The van der Waals surface area contributed by atoms with E-state index < -0.39 is 17.8 Å². The predicted octanol–water partition coefficient (Wildman–Crippen LogP) is 3.51. The summed E-state index contributed by atoms with van der Waals surface area (Å²) in [7, 11) is 1.38. The van der Waals surface area contributed by atoms with Crippen molar-refractivity contribution in [2.75, 3.05) is 0 Å². The lowest BCUT2D eigenvalue weighted by Crippen LogP contribution is -2.24. The second kappa shape index (κ2) is 7.66. The van der Waals surface area contributed by atoms with Gasteiger partial charge in [0.25, 0.3) is 0 Å². The van der Waals surface area contributed by atoms with Crippen LogP contribution in [0.15, 0.2) is 45.7 Å². The van der Waals surface area contributed by atoms with Gasteiger partial charge in [0.2, 0.25) is 0 Å². The van der Waals surface area contributed by atoms with Gasteiger partial charge in [0.05, 0.1) is 15.7 Å². The number of aryl methyl sites for hydroxylation is 2. The minimum absolute atomic E-state index is 0.00472. The van der Waals surface area contributed by atoms with Gasteiger partial charge in [-0.3, -0.25) is 0 Å². The summed E-state index contributed by atoms with van der Waals surface area (Å²) in [5.74, 6) is -0.0735. The van der Waals surface area contributed by atoms with Crippen molar-refractivity contribution in [1.29, 1.82) is 0 Å². The summed E-state index contributed by atoms with van der Waals surface area (Å²) in [5, 5.41) is 7.27. The van der Waals surface area contributed by atoms with E-state index in [9.17, 15) is 18.0 Å². The molecule has 1 heterocycles. The molecule has 0 atom stereocenters. The van der Waals surface area contributed by atoms with Gasteiger partial charge in [-0.2, -0.15) is 9.36 Å². The molecule has 0 saturated heterocycles. The molecule has 0 N–H and O–H groups in total. The Kier molecular flexibility index (Phi) is 5.45. The molecule has 0 radical (unpaired) electrons. The SMILES string of the molecule is Cc1ccc(OCc2c(OC(F)(F)F)cccc2-n2nnn(C)c2=O)c(Br)c1. The van der Waals surface area contributed by atoms with Crippen molar-refractivity contribution in [3.63, 3.8) is 0 Å². The fourth-order valence-electron chi connectivity index (χ4n) is 2.46. The highest BCUT2D eigenvalue weighted by Gasteiger charge is 2.33. The molecule has 0 amide bonds. The van der Waals surface area contributed by atoms with E-state index in [2.05, 4.69) is 31.1 Å². The van der Waals surface area contributed by atoms with Crippen LogP contribution in [0, 0.1) is 6.92 Å². The normalized spacial score (nSPS) is 11.5. The molecule has 0 saturated carbocycles. The van der Waals surface area contributed by atoms with Crippen LogP contribution in [-0.4, -0.2) is 26.2 Å². The van der Waals surface area contributed by atoms with Crippen molar-refractivity contribution in [3.8, 4) is 17.2 Å². The smallest absolute Gasteiger partial charge is 0.487 e. The molecule has 0 spiro atoms. The summed E-state index contributed by atoms with van der Waals surface area (Å²) < 4.78 is 50.8. The Bertz CT molecular complexity index is 1060. The Morgan fingerprint density at radius 2 is 1.89 bits per heavy atom. The van der Waals surface area contributed by atoms with Crippen LogP contribution < -0.4 is 15.2 Å². The Hall–Kier alpha value is -2.82. The van der Waals surface area contributed by atoms with Crippen LogP contribution in [0.4, 0.5) is 13.2 Å². The van der Waals surface area contributed by atoms with Crippen LogP contribution in [0.5, 0.6) is 11.5 Å².